The van der Waals surface area contributed by atoms with Gasteiger partial charge in [0.2, 0.25) is 0 Å². The first kappa shape index (κ1) is 26.0. The van der Waals surface area contributed by atoms with E-state index in [0.717, 1.165) is 16.7 Å². The summed E-state index contributed by atoms with van der Waals surface area (Å²) < 4.78 is 21.0. The monoisotopic (exact) mass is 484 g/mol. The summed E-state index contributed by atoms with van der Waals surface area (Å²) in [5.74, 6) is -0.150. The Morgan fingerprint density at radius 1 is 1.00 bits per heavy atom. The second-order valence-electron chi connectivity index (χ2n) is 8.66. The summed E-state index contributed by atoms with van der Waals surface area (Å²) in [5, 5.41) is 2.59. The molecule has 0 radical (unpaired) electrons. The van der Waals surface area contributed by atoms with Crippen LogP contribution in [0.3, 0.4) is 0 Å². The van der Waals surface area contributed by atoms with Crippen LogP contribution in [-0.2, 0) is 43.4 Å². The summed E-state index contributed by atoms with van der Waals surface area (Å²) in [6.07, 6.45) is -0.514. The predicted octanol–water partition coefficient (Wildman–Crippen LogP) is 3.05. The molecule has 1 N–H and O–H groups in total. The molecule has 1 heterocycles. The van der Waals surface area contributed by atoms with Crippen molar-refractivity contribution in [3.63, 3.8) is 0 Å². The molecule has 2 aromatic rings. The molecule has 0 saturated heterocycles. The highest BCUT2D eigenvalue weighted by molar-refractivity contribution is 5.81. The van der Waals surface area contributed by atoms with Crippen LogP contribution in [0, 0.1) is 5.92 Å². The lowest BCUT2D eigenvalue weighted by atomic mass is 9.99. The lowest BCUT2D eigenvalue weighted by molar-refractivity contribution is -0.151. The maximum atomic E-state index is 12.4. The summed E-state index contributed by atoms with van der Waals surface area (Å²) in [6.45, 7) is 4.75. The van der Waals surface area contributed by atoms with Crippen molar-refractivity contribution >= 4 is 18.0 Å². The molecule has 2 aromatic carbocycles. The Labute approximate surface area is 205 Å². The highest BCUT2D eigenvalue weighted by Gasteiger charge is 2.33. The standard InChI is InChI=1S/C26H32N2O7/c1-17(2)23(25(30)33-4)28-14-20-12-19(10-11-22(20)35-16-28)13-21(24(29)32-3)27-26(31)34-15-18-8-6-5-7-9-18/h5-12,17,21,23H,13-16H2,1-4H3,(H,27,31)/t21-,23+/m1/s1. The van der Waals surface area contributed by atoms with E-state index >= 15 is 0 Å². The van der Waals surface area contributed by atoms with Crippen molar-refractivity contribution in [3.05, 3.63) is 65.2 Å². The van der Waals surface area contributed by atoms with Gasteiger partial charge in [0.1, 0.15) is 31.2 Å². The van der Waals surface area contributed by atoms with E-state index in [1.807, 2.05) is 67.3 Å². The van der Waals surface area contributed by atoms with Crippen LogP contribution >= 0.6 is 0 Å². The molecule has 0 unspecified atom stereocenters. The van der Waals surface area contributed by atoms with Crippen molar-refractivity contribution < 1.29 is 33.3 Å². The molecule has 9 nitrogen and oxygen atoms in total. The maximum Gasteiger partial charge on any atom is 0.408 e. The van der Waals surface area contributed by atoms with E-state index in [2.05, 4.69) is 5.32 Å². The molecule has 2 atom stereocenters. The van der Waals surface area contributed by atoms with Crippen molar-refractivity contribution in [3.8, 4) is 5.75 Å². The number of hydrogen-bond donors (Lipinski definition) is 1. The molecule has 0 fully saturated rings. The molecule has 188 valence electrons. The minimum atomic E-state index is -0.930. The second-order valence-corrected chi connectivity index (χ2v) is 8.66. The Kier molecular flexibility index (Phi) is 9.08. The number of carbonyl (C=O) groups excluding carboxylic acids is 3. The van der Waals surface area contributed by atoms with Crippen LogP contribution in [0.5, 0.6) is 5.75 Å². The van der Waals surface area contributed by atoms with Gasteiger partial charge < -0.3 is 24.3 Å². The van der Waals surface area contributed by atoms with Gasteiger partial charge in [-0.3, -0.25) is 9.69 Å². The molecule has 9 heteroatoms. The zero-order valence-electron chi connectivity index (χ0n) is 20.5. The van der Waals surface area contributed by atoms with Crippen LogP contribution in [-0.4, -0.2) is 56.0 Å². The third-order valence-corrected chi connectivity index (χ3v) is 5.78. The number of ether oxygens (including phenoxy) is 4. The van der Waals surface area contributed by atoms with Gasteiger partial charge in [0.15, 0.2) is 0 Å². The number of carbonyl (C=O) groups is 3. The second kappa shape index (κ2) is 12.2. The lowest BCUT2D eigenvalue weighted by Gasteiger charge is -2.35. The van der Waals surface area contributed by atoms with Gasteiger partial charge in [0.25, 0.3) is 0 Å². The Morgan fingerprint density at radius 3 is 2.37 bits per heavy atom. The third kappa shape index (κ3) is 6.95. The van der Waals surface area contributed by atoms with Gasteiger partial charge in [-0.25, -0.2) is 9.59 Å². The molecule has 3 rings (SSSR count). The van der Waals surface area contributed by atoms with E-state index in [1.165, 1.54) is 14.2 Å². The zero-order chi connectivity index (χ0) is 25.4. The van der Waals surface area contributed by atoms with E-state index in [0.29, 0.717) is 12.3 Å². The van der Waals surface area contributed by atoms with Crippen molar-refractivity contribution in [1.82, 2.24) is 10.2 Å². The van der Waals surface area contributed by atoms with Gasteiger partial charge in [0.05, 0.1) is 14.2 Å². The average molecular weight is 485 g/mol. The molecule has 0 bridgehead atoms. The van der Waals surface area contributed by atoms with Gasteiger partial charge in [-0.2, -0.15) is 0 Å². The number of methoxy groups -OCH3 is 2. The Bertz CT molecular complexity index is 1030. The molecule has 1 aliphatic rings. The molecule has 1 aliphatic heterocycles. The number of esters is 2. The minimum Gasteiger partial charge on any atom is -0.478 e. The molecule has 0 spiro atoms. The molecule has 0 aromatic heterocycles. The first-order valence-corrected chi connectivity index (χ1v) is 11.4. The Morgan fingerprint density at radius 2 is 1.71 bits per heavy atom. The number of rotatable bonds is 9. The number of fused-ring (bicyclic) bond motifs is 1. The van der Waals surface area contributed by atoms with Gasteiger partial charge in [-0.1, -0.05) is 56.3 Å². The molecule has 0 aliphatic carbocycles. The minimum absolute atomic E-state index is 0.0329. The van der Waals surface area contributed by atoms with Crippen LogP contribution in [0.2, 0.25) is 0 Å². The molecule has 0 saturated carbocycles. The quantitative estimate of drug-likeness (QED) is 0.428. The number of nitrogens with zero attached hydrogens (tertiary/aromatic N) is 1. The summed E-state index contributed by atoms with van der Waals surface area (Å²) >= 11 is 0. The zero-order valence-corrected chi connectivity index (χ0v) is 20.5. The van der Waals surface area contributed by atoms with Crippen LogP contribution in [0.1, 0.15) is 30.5 Å². The van der Waals surface area contributed by atoms with E-state index in [1.54, 1.807) is 0 Å². The van der Waals surface area contributed by atoms with Crippen molar-refractivity contribution in [2.75, 3.05) is 21.0 Å². The van der Waals surface area contributed by atoms with Crippen molar-refractivity contribution in [2.24, 2.45) is 5.92 Å². The van der Waals surface area contributed by atoms with E-state index in [-0.39, 0.29) is 31.6 Å². The van der Waals surface area contributed by atoms with Crippen molar-refractivity contribution in [2.45, 2.75) is 45.5 Å². The number of benzene rings is 2. The van der Waals surface area contributed by atoms with Crippen LogP contribution in [0.4, 0.5) is 4.79 Å². The van der Waals surface area contributed by atoms with Gasteiger partial charge in [-0.05, 0) is 23.1 Å². The maximum absolute atomic E-state index is 12.4. The first-order valence-electron chi connectivity index (χ1n) is 11.4. The molecule has 1 amide bonds. The van der Waals surface area contributed by atoms with Gasteiger partial charge in [0, 0.05) is 18.5 Å². The number of amides is 1. The number of hydrogen-bond acceptors (Lipinski definition) is 8. The van der Waals surface area contributed by atoms with Crippen LogP contribution in [0.25, 0.3) is 0 Å². The molecule has 35 heavy (non-hydrogen) atoms. The third-order valence-electron chi connectivity index (χ3n) is 5.78. The smallest absolute Gasteiger partial charge is 0.408 e. The fraction of sp³-hybridized carbons (Fsp3) is 0.423. The fourth-order valence-corrected chi connectivity index (χ4v) is 4.06. The van der Waals surface area contributed by atoms with E-state index in [9.17, 15) is 14.4 Å². The topological polar surface area (TPSA) is 103 Å². The molecular formula is C26H32N2O7. The summed E-state index contributed by atoms with van der Waals surface area (Å²) in [4.78, 5) is 38.9. The lowest BCUT2D eigenvalue weighted by Crippen LogP contribution is -2.48. The largest absolute Gasteiger partial charge is 0.478 e. The van der Waals surface area contributed by atoms with Crippen molar-refractivity contribution in [1.29, 1.82) is 0 Å². The van der Waals surface area contributed by atoms with E-state index < -0.39 is 24.1 Å². The first-order chi connectivity index (χ1) is 16.8. The van der Waals surface area contributed by atoms with Gasteiger partial charge >= 0.3 is 18.0 Å². The summed E-state index contributed by atoms with van der Waals surface area (Å²) in [7, 11) is 2.64. The number of alkyl carbamates (subject to hydrolysis) is 1. The highest BCUT2D eigenvalue weighted by atomic mass is 16.6. The molecular weight excluding hydrogens is 452 g/mol. The summed E-state index contributed by atoms with van der Waals surface area (Å²) in [5.41, 5.74) is 2.51. The van der Waals surface area contributed by atoms with Crippen LogP contribution < -0.4 is 10.1 Å². The predicted molar refractivity (Wildman–Crippen MR) is 127 cm³/mol. The number of nitrogens with one attached hydrogen (secondary N) is 1. The average Bonchev–Trinajstić information content (AvgIpc) is 2.86. The Balaban J connectivity index is 1.68. The van der Waals surface area contributed by atoms with E-state index in [4.69, 9.17) is 18.9 Å². The van der Waals surface area contributed by atoms with Crippen LogP contribution in [0.15, 0.2) is 48.5 Å². The van der Waals surface area contributed by atoms with Gasteiger partial charge in [-0.15, -0.1) is 0 Å². The SMILES string of the molecule is COC(=O)[C@H](C(C)C)N1COc2ccc(C[C@@H](NC(=O)OCc3ccccc3)C(=O)OC)cc2C1. The normalized spacial score (nSPS) is 14.8. The highest BCUT2D eigenvalue weighted by Crippen LogP contribution is 2.29. The fourth-order valence-electron chi connectivity index (χ4n) is 4.06. The summed E-state index contributed by atoms with van der Waals surface area (Å²) in [6, 6.07) is 13.4. The Hall–Kier alpha value is -3.59.